The molecule has 6 heteroatoms. The fourth-order valence-corrected chi connectivity index (χ4v) is 4.57. The normalized spacial score (nSPS) is 11.2. The lowest BCUT2D eigenvalue weighted by molar-refractivity contribution is -0.116. The third-order valence-electron chi connectivity index (χ3n) is 5.70. The van der Waals surface area contributed by atoms with Gasteiger partial charge in [-0.25, -0.2) is 4.98 Å². The lowest BCUT2D eigenvalue weighted by atomic mass is 10.0. The maximum absolute atomic E-state index is 12.5. The number of carbonyl (C=O) groups excluding carboxylic acids is 1. The highest BCUT2D eigenvalue weighted by molar-refractivity contribution is 6.36. The van der Waals surface area contributed by atoms with Crippen molar-refractivity contribution in [1.82, 2.24) is 9.97 Å². The van der Waals surface area contributed by atoms with Crippen LogP contribution < -0.4 is 5.32 Å². The van der Waals surface area contributed by atoms with Crippen LogP contribution in [0.1, 0.15) is 18.4 Å². The summed E-state index contributed by atoms with van der Waals surface area (Å²) < 4.78 is 0. The van der Waals surface area contributed by atoms with Crippen LogP contribution in [-0.2, 0) is 11.2 Å². The average Bonchev–Trinajstić information content (AvgIpc) is 3.19. The Morgan fingerprint density at radius 2 is 1.76 bits per heavy atom. The topological polar surface area (TPSA) is 57.8 Å². The van der Waals surface area contributed by atoms with Gasteiger partial charge in [-0.3, -0.25) is 4.79 Å². The lowest BCUT2D eigenvalue weighted by Gasteiger charge is -2.09. The molecule has 164 valence electrons. The SMILES string of the molecule is O=C(CCCc1c(-c2ccc3ccccc3n2)[nH]c2ccccc12)Nc1ccc(Cl)cc1Cl. The number of para-hydroxylation sites is 2. The Kier molecular flexibility index (Phi) is 6.03. The molecule has 5 rings (SSSR count). The maximum Gasteiger partial charge on any atom is 0.224 e. The number of amides is 1. The van der Waals surface area contributed by atoms with Gasteiger partial charge in [0.2, 0.25) is 5.91 Å². The Morgan fingerprint density at radius 1 is 0.939 bits per heavy atom. The first kappa shape index (κ1) is 21.5. The molecular weight excluding hydrogens is 453 g/mol. The minimum atomic E-state index is -0.0792. The van der Waals surface area contributed by atoms with E-state index in [9.17, 15) is 4.79 Å². The molecule has 2 N–H and O–H groups in total. The van der Waals surface area contributed by atoms with Gasteiger partial charge in [0.1, 0.15) is 0 Å². The summed E-state index contributed by atoms with van der Waals surface area (Å²) in [6, 6.07) is 25.5. The van der Waals surface area contributed by atoms with Crippen molar-refractivity contribution in [3.05, 3.63) is 94.5 Å². The standard InChI is InChI=1S/C27H21Cl2N3O/c28-18-13-15-24(21(29)16-18)31-26(33)11-5-8-20-19-7-2-4-10-23(19)32-27(20)25-14-12-17-6-1-3-9-22(17)30-25/h1-4,6-7,9-10,12-16,32H,5,8,11H2,(H,31,33). The number of H-pyrrole nitrogens is 1. The fourth-order valence-electron chi connectivity index (χ4n) is 4.11. The number of aromatic nitrogens is 2. The largest absolute Gasteiger partial charge is 0.353 e. The number of aryl methyl sites for hydroxylation is 1. The highest BCUT2D eigenvalue weighted by atomic mass is 35.5. The molecule has 4 nitrogen and oxygen atoms in total. The number of pyridine rings is 1. The van der Waals surface area contributed by atoms with Crippen molar-refractivity contribution in [3.63, 3.8) is 0 Å². The van der Waals surface area contributed by atoms with Crippen LogP contribution in [0.2, 0.25) is 10.0 Å². The van der Waals surface area contributed by atoms with Gasteiger partial charge in [-0.05, 0) is 54.8 Å². The number of hydrogen-bond donors (Lipinski definition) is 2. The molecule has 1 amide bonds. The molecule has 0 aliphatic rings. The quantitative estimate of drug-likeness (QED) is 0.266. The van der Waals surface area contributed by atoms with Crippen LogP contribution in [-0.4, -0.2) is 15.9 Å². The zero-order chi connectivity index (χ0) is 22.8. The van der Waals surface area contributed by atoms with Crippen molar-refractivity contribution in [3.8, 4) is 11.4 Å². The summed E-state index contributed by atoms with van der Waals surface area (Å²) in [5.41, 5.74) is 5.67. The van der Waals surface area contributed by atoms with Gasteiger partial charge >= 0.3 is 0 Å². The van der Waals surface area contributed by atoms with E-state index in [0.717, 1.165) is 39.6 Å². The second-order valence-corrected chi connectivity index (χ2v) is 8.78. The zero-order valence-electron chi connectivity index (χ0n) is 17.7. The van der Waals surface area contributed by atoms with Crippen LogP contribution in [0.4, 0.5) is 5.69 Å². The first-order valence-corrected chi connectivity index (χ1v) is 11.5. The van der Waals surface area contributed by atoms with Gasteiger partial charge in [0.05, 0.1) is 27.6 Å². The molecular formula is C27H21Cl2N3O. The van der Waals surface area contributed by atoms with Gasteiger partial charge in [0, 0.05) is 27.7 Å². The number of anilines is 1. The molecule has 0 spiro atoms. The predicted molar refractivity (Wildman–Crippen MR) is 137 cm³/mol. The van der Waals surface area contributed by atoms with E-state index in [2.05, 4.69) is 34.6 Å². The molecule has 0 radical (unpaired) electrons. The summed E-state index contributed by atoms with van der Waals surface area (Å²) in [6.07, 6.45) is 1.82. The maximum atomic E-state index is 12.5. The first-order valence-electron chi connectivity index (χ1n) is 10.8. The third kappa shape index (κ3) is 4.58. The molecule has 0 bridgehead atoms. The highest BCUT2D eigenvalue weighted by Crippen LogP contribution is 2.32. The zero-order valence-corrected chi connectivity index (χ0v) is 19.3. The van der Waals surface area contributed by atoms with Crippen molar-refractivity contribution in [2.75, 3.05) is 5.32 Å². The van der Waals surface area contributed by atoms with Gasteiger partial charge in [-0.15, -0.1) is 0 Å². The van der Waals surface area contributed by atoms with E-state index in [0.29, 0.717) is 28.6 Å². The van der Waals surface area contributed by atoms with Gasteiger partial charge in [-0.2, -0.15) is 0 Å². The third-order valence-corrected chi connectivity index (χ3v) is 6.25. The molecule has 0 aliphatic carbocycles. The Labute approximate surface area is 201 Å². The van der Waals surface area contributed by atoms with E-state index in [-0.39, 0.29) is 5.91 Å². The Balaban J connectivity index is 1.37. The fraction of sp³-hybridized carbons (Fsp3) is 0.111. The van der Waals surface area contributed by atoms with Crippen molar-refractivity contribution in [2.45, 2.75) is 19.3 Å². The van der Waals surface area contributed by atoms with Gasteiger partial charge in [0.25, 0.3) is 0 Å². The number of hydrogen-bond acceptors (Lipinski definition) is 2. The second-order valence-electron chi connectivity index (χ2n) is 7.94. The Hall–Kier alpha value is -3.34. The summed E-state index contributed by atoms with van der Waals surface area (Å²) in [4.78, 5) is 20.9. The van der Waals surface area contributed by atoms with Gasteiger partial charge in [-0.1, -0.05) is 65.7 Å². The van der Waals surface area contributed by atoms with Gasteiger partial charge in [0.15, 0.2) is 0 Å². The monoisotopic (exact) mass is 473 g/mol. The van der Waals surface area contributed by atoms with Crippen molar-refractivity contribution in [2.24, 2.45) is 0 Å². The molecule has 0 unspecified atom stereocenters. The van der Waals surface area contributed by atoms with E-state index in [1.807, 2.05) is 36.4 Å². The molecule has 3 aromatic carbocycles. The molecule has 0 aliphatic heterocycles. The first-order chi connectivity index (χ1) is 16.1. The molecule has 33 heavy (non-hydrogen) atoms. The number of halogens is 2. The second kappa shape index (κ2) is 9.26. The lowest BCUT2D eigenvalue weighted by Crippen LogP contribution is -2.11. The minimum Gasteiger partial charge on any atom is -0.353 e. The van der Waals surface area contributed by atoms with Crippen molar-refractivity contribution >= 4 is 56.6 Å². The number of nitrogens with one attached hydrogen (secondary N) is 2. The van der Waals surface area contributed by atoms with E-state index < -0.39 is 0 Å². The summed E-state index contributed by atoms with van der Waals surface area (Å²) in [5, 5.41) is 6.10. The van der Waals surface area contributed by atoms with Crippen LogP contribution in [0.5, 0.6) is 0 Å². The number of nitrogens with zero attached hydrogens (tertiary/aromatic N) is 1. The summed E-state index contributed by atoms with van der Waals surface area (Å²) in [5.74, 6) is -0.0792. The highest BCUT2D eigenvalue weighted by Gasteiger charge is 2.15. The molecule has 0 fully saturated rings. The van der Waals surface area contributed by atoms with E-state index in [1.54, 1.807) is 18.2 Å². The van der Waals surface area contributed by atoms with Crippen molar-refractivity contribution < 1.29 is 4.79 Å². The van der Waals surface area contributed by atoms with E-state index in [4.69, 9.17) is 28.2 Å². The molecule has 0 saturated heterocycles. The molecule has 0 saturated carbocycles. The van der Waals surface area contributed by atoms with E-state index in [1.165, 1.54) is 5.56 Å². The number of carbonyl (C=O) groups is 1. The van der Waals surface area contributed by atoms with Gasteiger partial charge < -0.3 is 10.3 Å². The van der Waals surface area contributed by atoms with Crippen LogP contribution >= 0.6 is 23.2 Å². The van der Waals surface area contributed by atoms with Crippen LogP contribution in [0, 0.1) is 0 Å². The summed E-state index contributed by atoms with van der Waals surface area (Å²) in [7, 11) is 0. The molecule has 5 aromatic rings. The Morgan fingerprint density at radius 3 is 2.64 bits per heavy atom. The van der Waals surface area contributed by atoms with Crippen LogP contribution in [0.25, 0.3) is 33.2 Å². The van der Waals surface area contributed by atoms with Crippen LogP contribution in [0.3, 0.4) is 0 Å². The summed E-state index contributed by atoms with van der Waals surface area (Å²) >= 11 is 12.1. The number of benzene rings is 3. The smallest absolute Gasteiger partial charge is 0.224 e. The number of aromatic amines is 1. The van der Waals surface area contributed by atoms with E-state index >= 15 is 0 Å². The van der Waals surface area contributed by atoms with Crippen LogP contribution in [0.15, 0.2) is 78.9 Å². The average molecular weight is 474 g/mol. The molecule has 2 heterocycles. The number of rotatable bonds is 6. The predicted octanol–water partition coefficient (Wildman–Crippen LogP) is 7.65. The Bertz CT molecular complexity index is 1480. The minimum absolute atomic E-state index is 0.0792. The van der Waals surface area contributed by atoms with Crippen molar-refractivity contribution in [1.29, 1.82) is 0 Å². The molecule has 0 atom stereocenters. The molecule has 2 aromatic heterocycles. The summed E-state index contributed by atoms with van der Waals surface area (Å²) in [6.45, 7) is 0. The number of fused-ring (bicyclic) bond motifs is 2.